The number of hydrogen-bond acceptors (Lipinski definition) is 10. The van der Waals surface area contributed by atoms with Crippen LogP contribution in [-0.2, 0) is 18.0 Å². The minimum atomic E-state index is -4.70. The van der Waals surface area contributed by atoms with E-state index in [1.807, 2.05) is 4.90 Å². The molecule has 0 amide bonds. The van der Waals surface area contributed by atoms with Crippen LogP contribution in [0.25, 0.3) is 44.4 Å². The first-order valence-electron chi connectivity index (χ1n) is 15.6. The Morgan fingerprint density at radius 2 is 2.06 bits per heavy atom. The van der Waals surface area contributed by atoms with Crippen LogP contribution in [0.5, 0.6) is 6.01 Å². The number of aryl methyl sites for hydroxylation is 2. The number of aromatic nitrogens is 6. The molecule has 47 heavy (non-hydrogen) atoms. The molecule has 0 radical (unpaired) electrons. The molecular weight excluding hydrogens is 624 g/mol. The largest absolute Gasteiger partial charge is 0.461 e. The molecule has 3 aliphatic rings. The van der Waals surface area contributed by atoms with Crippen LogP contribution < -0.4 is 9.64 Å². The van der Waals surface area contributed by atoms with E-state index in [-0.39, 0.29) is 59.3 Å². The molecule has 3 saturated heterocycles. The summed E-state index contributed by atoms with van der Waals surface area (Å²) >= 11 is 0. The molecule has 4 aromatic heterocycles. The van der Waals surface area contributed by atoms with Gasteiger partial charge >= 0.3 is 12.2 Å². The first-order valence-corrected chi connectivity index (χ1v) is 15.6. The van der Waals surface area contributed by atoms with Gasteiger partial charge in [0.15, 0.2) is 5.58 Å². The average Bonchev–Trinajstić information content (AvgIpc) is 3.78. The third-order valence-electron chi connectivity index (χ3n) is 9.72. The summed E-state index contributed by atoms with van der Waals surface area (Å²) in [5.74, 6) is 0.355. The van der Waals surface area contributed by atoms with Gasteiger partial charge in [-0.05, 0) is 44.9 Å². The Morgan fingerprint density at radius 3 is 2.87 bits per heavy atom. The van der Waals surface area contributed by atoms with Crippen molar-refractivity contribution in [1.82, 2.24) is 34.8 Å². The zero-order valence-electron chi connectivity index (χ0n) is 26.1. The van der Waals surface area contributed by atoms with Gasteiger partial charge < -0.3 is 23.9 Å². The van der Waals surface area contributed by atoms with Gasteiger partial charge in [0.2, 0.25) is 5.71 Å². The van der Waals surface area contributed by atoms with E-state index in [1.165, 1.54) is 23.9 Å². The van der Waals surface area contributed by atoms with E-state index in [4.69, 9.17) is 18.9 Å². The summed E-state index contributed by atoms with van der Waals surface area (Å²) in [6, 6.07) is 1.40. The Hall–Kier alpha value is -4.02. The Bertz CT molecular complexity index is 2020. The monoisotopic (exact) mass is 658 g/mol. The fraction of sp³-hybridized carbons (Fsp3) is 0.548. The van der Waals surface area contributed by atoms with E-state index < -0.39 is 29.1 Å². The number of β-amino-alcohol motifs (C(OH)–C–C–N with tert-alkyl or cyclic N) is 1. The molecule has 3 atom stereocenters. The lowest BCUT2D eigenvalue weighted by atomic mass is 9.95. The van der Waals surface area contributed by atoms with Crippen LogP contribution in [0.3, 0.4) is 0 Å². The van der Waals surface area contributed by atoms with Gasteiger partial charge in [0.1, 0.15) is 40.8 Å². The van der Waals surface area contributed by atoms with Crippen LogP contribution in [0.4, 0.5) is 23.4 Å². The molecule has 8 rings (SSSR count). The van der Waals surface area contributed by atoms with Gasteiger partial charge in [-0.3, -0.25) is 14.7 Å². The van der Waals surface area contributed by atoms with Crippen LogP contribution in [0, 0.1) is 6.92 Å². The first kappa shape index (κ1) is 30.3. The highest BCUT2D eigenvalue weighted by molar-refractivity contribution is 6.13. The van der Waals surface area contributed by atoms with Gasteiger partial charge in [0.05, 0.1) is 42.6 Å². The number of anilines is 1. The molecular formula is C31H34F4N8O4. The molecule has 0 saturated carbocycles. The van der Waals surface area contributed by atoms with E-state index in [0.717, 1.165) is 19.4 Å². The third kappa shape index (κ3) is 4.90. The van der Waals surface area contributed by atoms with Gasteiger partial charge in [-0.2, -0.15) is 33.3 Å². The average molecular weight is 659 g/mol. The second-order valence-corrected chi connectivity index (χ2v) is 13.4. The van der Waals surface area contributed by atoms with Crippen LogP contribution >= 0.6 is 0 Å². The van der Waals surface area contributed by atoms with Gasteiger partial charge in [0, 0.05) is 37.5 Å². The minimum absolute atomic E-state index is 0.00453. The zero-order chi connectivity index (χ0) is 32.9. The number of furan rings is 1. The number of halogens is 4. The number of nitrogens with zero attached hydrogens (tertiary/aromatic N) is 7. The Balaban J connectivity index is 1.33. The summed E-state index contributed by atoms with van der Waals surface area (Å²) in [7, 11) is 1.62. The Kier molecular flexibility index (Phi) is 6.77. The number of aromatic amines is 1. The Morgan fingerprint density at radius 1 is 1.23 bits per heavy atom. The smallest absolute Gasteiger partial charge is 0.417 e. The molecule has 0 bridgehead atoms. The lowest BCUT2D eigenvalue weighted by Gasteiger charge is -2.31. The summed E-state index contributed by atoms with van der Waals surface area (Å²) in [6.45, 7) is 5.27. The summed E-state index contributed by atoms with van der Waals surface area (Å²) in [6.07, 6.45) is -2.22. The number of hydrogen-bond donors (Lipinski definition) is 2. The van der Waals surface area contributed by atoms with Crippen molar-refractivity contribution in [3.8, 4) is 17.3 Å². The van der Waals surface area contributed by atoms with E-state index in [9.17, 15) is 22.7 Å². The summed E-state index contributed by atoms with van der Waals surface area (Å²) in [4.78, 5) is 13.3. The normalized spacial score (nSPS) is 25.8. The molecule has 1 aromatic carbocycles. The van der Waals surface area contributed by atoms with E-state index in [0.29, 0.717) is 48.4 Å². The number of H-pyrrole nitrogens is 1. The maximum atomic E-state index is 14.6. The highest BCUT2D eigenvalue weighted by Gasteiger charge is 2.49. The molecule has 250 valence electrons. The lowest BCUT2D eigenvalue weighted by molar-refractivity contribution is -0.137. The van der Waals surface area contributed by atoms with Crippen molar-refractivity contribution in [3.05, 3.63) is 23.4 Å². The molecule has 3 fully saturated rings. The predicted octanol–water partition coefficient (Wildman–Crippen LogP) is 4.52. The molecule has 0 spiro atoms. The van der Waals surface area contributed by atoms with E-state index >= 15 is 0 Å². The number of fused-ring (bicyclic) bond motifs is 5. The van der Waals surface area contributed by atoms with Crippen LogP contribution in [0.2, 0.25) is 0 Å². The van der Waals surface area contributed by atoms with Gasteiger partial charge in [-0.15, -0.1) is 0 Å². The number of nitrogens with one attached hydrogen (secondary N) is 1. The molecule has 16 heteroatoms. The van der Waals surface area contributed by atoms with Crippen molar-refractivity contribution in [1.29, 1.82) is 0 Å². The van der Waals surface area contributed by atoms with Crippen molar-refractivity contribution in [3.63, 3.8) is 0 Å². The minimum Gasteiger partial charge on any atom is -0.461 e. The molecule has 12 nitrogen and oxygen atoms in total. The number of ether oxygens (including phenoxy) is 2. The number of rotatable bonds is 5. The van der Waals surface area contributed by atoms with Crippen LogP contribution in [-0.4, -0.2) is 103 Å². The fourth-order valence-electron chi connectivity index (χ4n) is 7.79. The molecule has 7 heterocycles. The van der Waals surface area contributed by atoms with Crippen molar-refractivity contribution in [2.75, 3.05) is 50.9 Å². The van der Waals surface area contributed by atoms with Crippen LogP contribution in [0.1, 0.15) is 37.3 Å². The van der Waals surface area contributed by atoms with Crippen molar-refractivity contribution in [2.45, 2.75) is 56.6 Å². The fourth-order valence-corrected chi connectivity index (χ4v) is 7.79. The van der Waals surface area contributed by atoms with Crippen LogP contribution in [0.15, 0.2) is 16.7 Å². The van der Waals surface area contributed by atoms with Crippen molar-refractivity contribution >= 4 is 38.9 Å². The second kappa shape index (κ2) is 10.5. The van der Waals surface area contributed by atoms with E-state index in [1.54, 1.807) is 14.0 Å². The maximum absolute atomic E-state index is 14.6. The highest BCUT2D eigenvalue weighted by atomic mass is 19.4. The quantitative estimate of drug-likeness (QED) is 0.260. The SMILES string of the molecule is Cc1cc2[nH]ncc2c(-c2nn(C)c3c2oc2nc(OC[C@@]45CCCN4C[C@H](F)C5)nc(N4CCOC[C@@](C)(O)C4)c23)c1C(F)(F)F. The number of aliphatic hydroxyl groups is 1. The van der Waals surface area contributed by atoms with Gasteiger partial charge in [-0.25, -0.2) is 4.39 Å². The summed E-state index contributed by atoms with van der Waals surface area (Å²) in [5, 5.41) is 23.0. The summed E-state index contributed by atoms with van der Waals surface area (Å²) in [5.41, 5.74) is -1.74. The standard InChI is InChI=1S/C31H34F4N8O4/c1-16-9-19-18(11-36-39-19)20(22(16)31(33,34)35)23-25-24(41(3)40-23)21-26(42-7-8-45-14-29(2,44)13-42)37-28(38-27(21)47-25)46-15-30-5-4-6-43(30)12-17(32)10-30/h9,11,17,44H,4-8,10,12-15H2,1-3H3,(H,36,39)/t17-,29+,30+/m1/s1. The molecule has 2 N–H and O–H groups in total. The summed E-state index contributed by atoms with van der Waals surface area (Å²) < 4.78 is 78.0. The topological polar surface area (TPSA) is 131 Å². The van der Waals surface area contributed by atoms with Crippen molar-refractivity contribution in [2.24, 2.45) is 7.05 Å². The van der Waals surface area contributed by atoms with Gasteiger partial charge in [0.25, 0.3) is 0 Å². The first-order chi connectivity index (χ1) is 22.3. The second-order valence-electron chi connectivity index (χ2n) is 13.4. The number of alkyl halides is 4. The third-order valence-corrected chi connectivity index (χ3v) is 9.72. The van der Waals surface area contributed by atoms with E-state index in [2.05, 4.69) is 25.2 Å². The lowest BCUT2D eigenvalue weighted by Crippen LogP contribution is -2.43. The predicted molar refractivity (Wildman–Crippen MR) is 163 cm³/mol. The molecule has 5 aromatic rings. The zero-order valence-corrected chi connectivity index (χ0v) is 26.1. The highest BCUT2D eigenvalue weighted by Crippen LogP contribution is 2.47. The molecule has 0 unspecified atom stereocenters. The van der Waals surface area contributed by atoms with Gasteiger partial charge in [-0.1, -0.05) is 0 Å². The van der Waals surface area contributed by atoms with Crippen molar-refractivity contribution < 1.29 is 36.6 Å². The maximum Gasteiger partial charge on any atom is 0.417 e. The molecule has 3 aliphatic heterocycles. The Labute approximate surface area is 265 Å². The molecule has 0 aliphatic carbocycles. The number of benzene rings is 1.